The zero-order valence-corrected chi connectivity index (χ0v) is 9.18. The molecule has 84 valence electrons. The molecule has 1 heterocycles. The minimum absolute atomic E-state index is 0.466. The van der Waals surface area contributed by atoms with Crippen molar-refractivity contribution in [2.24, 2.45) is 0 Å². The molecule has 16 heavy (non-hydrogen) atoms. The normalized spacial score (nSPS) is 12.5. The molecule has 5 nitrogen and oxygen atoms in total. The Bertz CT molecular complexity index is 472. The summed E-state index contributed by atoms with van der Waals surface area (Å²) in [6.45, 7) is 1.90. The van der Waals surface area contributed by atoms with E-state index in [1.54, 1.807) is 25.3 Å². The molecule has 1 rings (SSSR count). The maximum absolute atomic E-state index is 10.8. The first-order valence-electron chi connectivity index (χ1n) is 4.73. The molecule has 0 spiro atoms. The SMILES string of the molecule is C\C=C/C(=C\C=C\c1cn[nH]c(=O)n1)OC. The summed E-state index contributed by atoms with van der Waals surface area (Å²) in [6.07, 6.45) is 10.3. The number of nitrogens with zero attached hydrogens (tertiary/aromatic N) is 2. The van der Waals surface area contributed by atoms with Gasteiger partial charge in [0.15, 0.2) is 0 Å². The van der Waals surface area contributed by atoms with Gasteiger partial charge < -0.3 is 4.74 Å². The Hall–Kier alpha value is -2.17. The molecule has 0 bridgehead atoms. The average Bonchev–Trinajstić information content (AvgIpc) is 2.28. The molecule has 0 saturated carbocycles. The monoisotopic (exact) mass is 219 g/mol. The second kappa shape index (κ2) is 6.34. The quantitative estimate of drug-likeness (QED) is 0.612. The highest BCUT2D eigenvalue weighted by atomic mass is 16.5. The van der Waals surface area contributed by atoms with Crippen LogP contribution in [0.4, 0.5) is 0 Å². The molecule has 0 aliphatic heterocycles. The summed E-state index contributed by atoms with van der Waals surface area (Å²) in [6, 6.07) is 0. The van der Waals surface area contributed by atoms with Gasteiger partial charge in [0.1, 0.15) is 5.76 Å². The maximum atomic E-state index is 10.8. The molecule has 1 aromatic rings. The number of hydrogen-bond acceptors (Lipinski definition) is 4. The Morgan fingerprint density at radius 3 is 3.00 bits per heavy atom. The summed E-state index contributed by atoms with van der Waals surface area (Å²) < 4.78 is 5.07. The standard InChI is InChI=1S/C11H13N3O2/c1-3-5-10(16-2)7-4-6-9-8-12-14-11(15)13-9/h3-8H,1-2H3,(H,13,14,15)/b5-3-,6-4+,10-7+. The van der Waals surface area contributed by atoms with Gasteiger partial charge in [0.05, 0.1) is 19.0 Å². The lowest BCUT2D eigenvalue weighted by molar-refractivity contribution is 0.307. The van der Waals surface area contributed by atoms with Crippen LogP contribution in [0.5, 0.6) is 0 Å². The third-order valence-corrected chi connectivity index (χ3v) is 1.68. The lowest BCUT2D eigenvalue weighted by atomic mass is 10.3. The summed E-state index contributed by atoms with van der Waals surface area (Å²) in [5.74, 6) is 0.719. The second-order valence-corrected chi connectivity index (χ2v) is 2.84. The molecule has 0 amide bonds. The molecule has 0 radical (unpaired) electrons. The van der Waals surface area contributed by atoms with Gasteiger partial charge in [0.2, 0.25) is 0 Å². The van der Waals surface area contributed by atoms with Crippen LogP contribution in [0.2, 0.25) is 0 Å². The van der Waals surface area contributed by atoms with Crippen molar-refractivity contribution in [1.29, 1.82) is 0 Å². The van der Waals surface area contributed by atoms with Gasteiger partial charge in [-0.05, 0) is 25.2 Å². The van der Waals surface area contributed by atoms with Crippen LogP contribution >= 0.6 is 0 Å². The number of nitrogens with one attached hydrogen (secondary N) is 1. The largest absolute Gasteiger partial charge is 0.497 e. The van der Waals surface area contributed by atoms with E-state index in [1.807, 2.05) is 19.1 Å². The van der Waals surface area contributed by atoms with Gasteiger partial charge in [-0.15, -0.1) is 0 Å². The molecule has 0 aromatic carbocycles. The minimum atomic E-state index is -0.466. The molecule has 0 atom stereocenters. The molecule has 0 unspecified atom stereocenters. The average molecular weight is 219 g/mol. The number of rotatable bonds is 4. The van der Waals surface area contributed by atoms with E-state index < -0.39 is 5.69 Å². The van der Waals surface area contributed by atoms with Gasteiger partial charge in [-0.1, -0.05) is 12.2 Å². The smallest absolute Gasteiger partial charge is 0.361 e. The number of aromatic nitrogens is 3. The zero-order chi connectivity index (χ0) is 11.8. The third kappa shape index (κ3) is 3.91. The predicted molar refractivity (Wildman–Crippen MR) is 61.6 cm³/mol. The van der Waals surface area contributed by atoms with Crippen molar-refractivity contribution in [2.45, 2.75) is 6.92 Å². The summed E-state index contributed by atoms with van der Waals surface area (Å²) in [5.41, 5.74) is 0.0301. The minimum Gasteiger partial charge on any atom is -0.497 e. The van der Waals surface area contributed by atoms with E-state index in [4.69, 9.17) is 4.74 Å². The third-order valence-electron chi connectivity index (χ3n) is 1.68. The van der Waals surface area contributed by atoms with Gasteiger partial charge in [-0.2, -0.15) is 10.1 Å². The van der Waals surface area contributed by atoms with Crippen LogP contribution in [-0.4, -0.2) is 22.3 Å². The Morgan fingerprint density at radius 2 is 2.38 bits per heavy atom. The highest BCUT2D eigenvalue weighted by molar-refractivity contribution is 5.45. The number of methoxy groups -OCH3 is 1. The number of aromatic amines is 1. The lowest BCUT2D eigenvalue weighted by Gasteiger charge is -1.96. The molecule has 0 aliphatic rings. The number of allylic oxidation sites excluding steroid dienone is 4. The van der Waals surface area contributed by atoms with E-state index in [0.29, 0.717) is 5.69 Å². The molecular weight excluding hydrogens is 206 g/mol. The van der Waals surface area contributed by atoms with Crippen molar-refractivity contribution < 1.29 is 4.74 Å². The number of ether oxygens (including phenoxy) is 1. The van der Waals surface area contributed by atoms with Gasteiger partial charge >= 0.3 is 5.69 Å². The topological polar surface area (TPSA) is 67.9 Å². The van der Waals surface area contributed by atoms with Crippen molar-refractivity contribution in [1.82, 2.24) is 15.2 Å². The van der Waals surface area contributed by atoms with E-state index in [-0.39, 0.29) is 0 Å². The van der Waals surface area contributed by atoms with Gasteiger partial charge in [0.25, 0.3) is 0 Å². The Labute approximate surface area is 93.2 Å². The van der Waals surface area contributed by atoms with Gasteiger partial charge in [-0.25, -0.2) is 9.89 Å². The first-order chi connectivity index (χ1) is 7.76. The van der Waals surface area contributed by atoms with Crippen molar-refractivity contribution in [3.05, 3.63) is 52.4 Å². The number of H-pyrrole nitrogens is 1. The molecule has 1 N–H and O–H groups in total. The van der Waals surface area contributed by atoms with Crippen LogP contribution in [0.25, 0.3) is 6.08 Å². The highest BCUT2D eigenvalue weighted by Crippen LogP contribution is 1.99. The number of hydrogen-bond donors (Lipinski definition) is 1. The molecule has 0 fully saturated rings. The zero-order valence-electron chi connectivity index (χ0n) is 9.18. The molecule has 5 heteroatoms. The highest BCUT2D eigenvalue weighted by Gasteiger charge is 1.89. The maximum Gasteiger partial charge on any atom is 0.361 e. The Kier molecular flexibility index (Phi) is 4.72. The Morgan fingerprint density at radius 1 is 1.56 bits per heavy atom. The lowest BCUT2D eigenvalue weighted by Crippen LogP contribution is -2.11. The van der Waals surface area contributed by atoms with Gasteiger partial charge in [-0.3, -0.25) is 0 Å². The van der Waals surface area contributed by atoms with E-state index in [0.717, 1.165) is 5.76 Å². The van der Waals surface area contributed by atoms with Crippen molar-refractivity contribution in [3.8, 4) is 0 Å². The predicted octanol–water partition coefficient (Wildman–Crippen LogP) is 1.28. The van der Waals surface area contributed by atoms with Crippen molar-refractivity contribution >= 4 is 6.08 Å². The second-order valence-electron chi connectivity index (χ2n) is 2.84. The van der Waals surface area contributed by atoms with Gasteiger partial charge in [0, 0.05) is 0 Å². The fraction of sp³-hybridized carbons (Fsp3) is 0.182. The molecule has 0 aliphatic carbocycles. The molecule has 0 saturated heterocycles. The van der Waals surface area contributed by atoms with E-state index >= 15 is 0 Å². The Balaban J connectivity index is 2.77. The summed E-state index contributed by atoms with van der Waals surface area (Å²) in [4.78, 5) is 14.5. The molecule has 1 aromatic heterocycles. The van der Waals surface area contributed by atoms with Crippen LogP contribution in [0.1, 0.15) is 12.6 Å². The van der Waals surface area contributed by atoms with Crippen LogP contribution in [0.3, 0.4) is 0 Å². The van der Waals surface area contributed by atoms with Crippen LogP contribution in [0.15, 0.2) is 41.1 Å². The fourth-order valence-electron chi connectivity index (χ4n) is 1.00. The first-order valence-corrected chi connectivity index (χ1v) is 4.73. The van der Waals surface area contributed by atoms with Crippen LogP contribution in [0, 0.1) is 0 Å². The van der Waals surface area contributed by atoms with Crippen LogP contribution < -0.4 is 5.69 Å². The summed E-state index contributed by atoms with van der Waals surface area (Å²) in [7, 11) is 1.59. The summed E-state index contributed by atoms with van der Waals surface area (Å²) >= 11 is 0. The fourth-order valence-corrected chi connectivity index (χ4v) is 1.00. The summed E-state index contributed by atoms with van der Waals surface area (Å²) in [5, 5.41) is 5.82. The van der Waals surface area contributed by atoms with Crippen molar-refractivity contribution in [2.75, 3.05) is 7.11 Å². The van der Waals surface area contributed by atoms with E-state index in [9.17, 15) is 4.79 Å². The molecular formula is C11H13N3O2. The van der Waals surface area contributed by atoms with Crippen molar-refractivity contribution in [3.63, 3.8) is 0 Å². The first kappa shape index (κ1) is 11.9. The van der Waals surface area contributed by atoms with E-state index in [2.05, 4.69) is 15.2 Å². The van der Waals surface area contributed by atoms with Crippen LogP contribution in [-0.2, 0) is 4.74 Å². The van der Waals surface area contributed by atoms with E-state index in [1.165, 1.54) is 6.20 Å².